The van der Waals surface area contributed by atoms with Crippen molar-refractivity contribution in [2.45, 2.75) is 32.9 Å². The summed E-state index contributed by atoms with van der Waals surface area (Å²) in [6, 6.07) is 3.63. The molecular weight excluding hydrogens is 325 g/mol. The van der Waals surface area contributed by atoms with Crippen LogP contribution in [0.2, 0.25) is 10.3 Å². The molecule has 22 heavy (non-hydrogen) atoms. The second-order valence-electron chi connectivity index (χ2n) is 6.36. The second kappa shape index (κ2) is 7.02. The first kappa shape index (κ1) is 17.3. The molecule has 1 aromatic heterocycles. The summed E-state index contributed by atoms with van der Waals surface area (Å²) >= 11 is 11.8. The molecular formula is C15H21Cl2N3O2. The van der Waals surface area contributed by atoms with Crippen LogP contribution in [0, 0.1) is 0 Å². The first-order chi connectivity index (χ1) is 10.2. The zero-order valence-electron chi connectivity index (χ0n) is 13.1. The molecule has 0 bridgehead atoms. The number of rotatable bonds is 2. The van der Waals surface area contributed by atoms with Gasteiger partial charge in [0.25, 0.3) is 0 Å². The van der Waals surface area contributed by atoms with Crippen molar-refractivity contribution >= 4 is 29.3 Å². The molecule has 1 aromatic rings. The molecule has 0 atom stereocenters. The van der Waals surface area contributed by atoms with Gasteiger partial charge in [0.2, 0.25) is 0 Å². The molecule has 1 aliphatic heterocycles. The fourth-order valence-corrected chi connectivity index (χ4v) is 2.78. The van der Waals surface area contributed by atoms with E-state index < -0.39 is 5.60 Å². The average molecular weight is 346 g/mol. The quantitative estimate of drug-likeness (QED) is 0.770. The van der Waals surface area contributed by atoms with Gasteiger partial charge in [-0.3, -0.25) is 4.90 Å². The Morgan fingerprint density at radius 1 is 1.18 bits per heavy atom. The summed E-state index contributed by atoms with van der Waals surface area (Å²) in [6.45, 7) is 9.24. The van der Waals surface area contributed by atoms with Gasteiger partial charge in [-0.2, -0.15) is 0 Å². The summed E-state index contributed by atoms with van der Waals surface area (Å²) in [5.41, 5.74) is 0.564. The number of hydrogen-bond acceptors (Lipinski definition) is 4. The van der Waals surface area contributed by atoms with Crippen LogP contribution in [0.25, 0.3) is 0 Å². The summed E-state index contributed by atoms with van der Waals surface area (Å²) in [5, 5.41) is 0.796. The maximum atomic E-state index is 12.0. The molecule has 122 valence electrons. The van der Waals surface area contributed by atoms with Gasteiger partial charge >= 0.3 is 6.09 Å². The number of hydrogen-bond donors (Lipinski definition) is 0. The standard InChI is InChI=1S/C15H21Cl2N3O2/c1-15(2,3)22-14(21)20-6-4-19(5-7-20)10-11-8-12(16)18-13(17)9-11/h8-9H,4-7,10H2,1-3H3. The van der Waals surface area contributed by atoms with E-state index in [1.807, 2.05) is 32.9 Å². The zero-order chi connectivity index (χ0) is 16.3. The van der Waals surface area contributed by atoms with E-state index in [0.717, 1.165) is 25.2 Å². The van der Waals surface area contributed by atoms with Crippen LogP contribution in [0.15, 0.2) is 12.1 Å². The number of carbonyl (C=O) groups is 1. The number of pyridine rings is 1. The van der Waals surface area contributed by atoms with Crippen molar-refractivity contribution in [3.05, 3.63) is 28.0 Å². The number of aromatic nitrogens is 1. The normalized spacial score (nSPS) is 16.7. The molecule has 0 saturated carbocycles. The Hall–Kier alpha value is -1.04. The maximum Gasteiger partial charge on any atom is 0.410 e. The Bertz CT molecular complexity index is 518. The molecule has 2 heterocycles. The average Bonchev–Trinajstić information content (AvgIpc) is 2.36. The summed E-state index contributed by atoms with van der Waals surface area (Å²) in [6.07, 6.45) is -0.248. The topological polar surface area (TPSA) is 45.7 Å². The SMILES string of the molecule is CC(C)(C)OC(=O)N1CCN(Cc2cc(Cl)nc(Cl)c2)CC1. The van der Waals surface area contributed by atoms with Gasteiger partial charge in [0.15, 0.2) is 0 Å². The van der Waals surface area contributed by atoms with Gasteiger partial charge < -0.3 is 9.64 Å². The molecule has 0 aliphatic carbocycles. The van der Waals surface area contributed by atoms with Crippen molar-refractivity contribution in [2.75, 3.05) is 26.2 Å². The van der Waals surface area contributed by atoms with Gasteiger partial charge in [-0.05, 0) is 38.5 Å². The largest absolute Gasteiger partial charge is 0.444 e. The molecule has 5 nitrogen and oxygen atoms in total. The highest BCUT2D eigenvalue weighted by molar-refractivity contribution is 6.32. The van der Waals surface area contributed by atoms with Crippen LogP contribution in [0.1, 0.15) is 26.3 Å². The third-order valence-corrected chi connectivity index (χ3v) is 3.64. The fraction of sp³-hybridized carbons (Fsp3) is 0.600. The van der Waals surface area contributed by atoms with E-state index in [4.69, 9.17) is 27.9 Å². The molecule has 1 fully saturated rings. The van der Waals surface area contributed by atoms with E-state index >= 15 is 0 Å². The van der Waals surface area contributed by atoms with Crippen LogP contribution >= 0.6 is 23.2 Å². The minimum Gasteiger partial charge on any atom is -0.444 e. The molecule has 0 aromatic carbocycles. The maximum absolute atomic E-state index is 12.0. The molecule has 0 spiro atoms. The molecule has 1 amide bonds. The summed E-state index contributed by atoms with van der Waals surface area (Å²) < 4.78 is 5.39. The third-order valence-electron chi connectivity index (χ3n) is 3.25. The molecule has 2 rings (SSSR count). The zero-order valence-corrected chi connectivity index (χ0v) is 14.6. The van der Waals surface area contributed by atoms with Crippen molar-refractivity contribution in [1.29, 1.82) is 0 Å². The molecule has 7 heteroatoms. The van der Waals surface area contributed by atoms with Crippen molar-refractivity contribution in [2.24, 2.45) is 0 Å². The first-order valence-electron chi connectivity index (χ1n) is 7.25. The van der Waals surface area contributed by atoms with Crippen LogP contribution in [0.4, 0.5) is 4.79 Å². The number of halogens is 2. The summed E-state index contributed by atoms with van der Waals surface area (Å²) in [7, 11) is 0. The second-order valence-corrected chi connectivity index (χ2v) is 7.14. The minimum atomic E-state index is -0.460. The molecule has 1 aliphatic rings. The van der Waals surface area contributed by atoms with Crippen LogP contribution in [-0.4, -0.2) is 52.7 Å². The Morgan fingerprint density at radius 2 is 1.73 bits per heavy atom. The molecule has 0 unspecified atom stereocenters. The number of piperazine rings is 1. The van der Waals surface area contributed by atoms with Crippen LogP contribution in [0.3, 0.4) is 0 Å². The summed E-state index contributed by atoms with van der Waals surface area (Å²) in [4.78, 5) is 19.9. The highest BCUT2D eigenvalue weighted by Crippen LogP contribution is 2.17. The highest BCUT2D eigenvalue weighted by atomic mass is 35.5. The molecule has 0 N–H and O–H groups in total. The predicted molar refractivity (Wildman–Crippen MR) is 87.3 cm³/mol. The Labute approximate surface area is 141 Å². The van der Waals surface area contributed by atoms with Crippen LogP contribution in [-0.2, 0) is 11.3 Å². The van der Waals surface area contributed by atoms with E-state index in [2.05, 4.69) is 9.88 Å². The number of ether oxygens (including phenoxy) is 1. The van der Waals surface area contributed by atoms with Gasteiger partial charge in [0, 0.05) is 32.7 Å². The van der Waals surface area contributed by atoms with Crippen molar-refractivity contribution in [3.63, 3.8) is 0 Å². The van der Waals surface area contributed by atoms with E-state index in [1.54, 1.807) is 4.90 Å². The Morgan fingerprint density at radius 3 is 2.23 bits per heavy atom. The predicted octanol–water partition coefficient (Wildman–Crippen LogP) is 3.44. The van der Waals surface area contributed by atoms with Crippen LogP contribution in [0.5, 0.6) is 0 Å². The monoisotopic (exact) mass is 345 g/mol. The van der Waals surface area contributed by atoms with E-state index in [9.17, 15) is 4.79 Å². The highest BCUT2D eigenvalue weighted by Gasteiger charge is 2.25. The number of amides is 1. The minimum absolute atomic E-state index is 0.248. The first-order valence-corrected chi connectivity index (χ1v) is 8.01. The van der Waals surface area contributed by atoms with Crippen molar-refractivity contribution in [3.8, 4) is 0 Å². The van der Waals surface area contributed by atoms with Gasteiger partial charge in [-0.1, -0.05) is 23.2 Å². The van der Waals surface area contributed by atoms with Gasteiger partial charge in [-0.15, -0.1) is 0 Å². The lowest BCUT2D eigenvalue weighted by molar-refractivity contribution is 0.0139. The van der Waals surface area contributed by atoms with E-state index in [0.29, 0.717) is 23.4 Å². The van der Waals surface area contributed by atoms with Crippen molar-refractivity contribution in [1.82, 2.24) is 14.8 Å². The molecule has 0 radical (unpaired) electrons. The van der Waals surface area contributed by atoms with Crippen LogP contribution < -0.4 is 0 Å². The van der Waals surface area contributed by atoms with E-state index in [-0.39, 0.29) is 6.09 Å². The van der Waals surface area contributed by atoms with Crippen molar-refractivity contribution < 1.29 is 9.53 Å². The third kappa shape index (κ3) is 5.30. The smallest absolute Gasteiger partial charge is 0.410 e. The lowest BCUT2D eigenvalue weighted by Crippen LogP contribution is -2.49. The van der Waals surface area contributed by atoms with Gasteiger partial charge in [-0.25, -0.2) is 9.78 Å². The fourth-order valence-electron chi connectivity index (χ4n) is 2.28. The lowest BCUT2D eigenvalue weighted by Gasteiger charge is -2.35. The summed E-state index contributed by atoms with van der Waals surface area (Å²) in [5.74, 6) is 0. The lowest BCUT2D eigenvalue weighted by atomic mass is 10.2. The van der Waals surface area contributed by atoms with Gasteiger partial charge in [0.1, 0.15) is 15.9 Å². The Balaban J connectivity index is 1.86. The molecule has 1 saturated heterocycles. The Kier molecular flexibility index (Phi) is 5.53. The van der Waals surface area contributed by atoms with Gasteiger partial charge in [0.05, 0.1) is 0 Å². The number of carbonyl (C=O) groups excluding carboxylic acids is 1. The number of nitrogens with zero attached hydrogens (tertiary/aromatic N) is 3. The van der Waals surface area contributed by atoms with E-state index in [1.165, 1.54) is 0 Å².